The van der Waals surface area contributed by atoms with Gasteiger partial charge in [0.05, 0.1) is 6.61 Å². The normalized spacial score (nSPS) is 10.1. The summed E-state index contributed by atoms with van der Waals surface area (Å²) in [7, 11) is 1.54. The summed E-state index contributed by atoms with van der Waals surface area (Å²) in [6, 6.07) is 2.66. The lowest BCUT2D eigenvalue weighted by atomic mass is 10.5. The van der Waals surface area contributed by atoms with Crippen LogP contribution in [0.5, 0.6) is 0 Å². The Balaban J connectivity index is 2.56. The molecule has 0 saturated carbocycles. The summed E-state index contributed by atoms with van der Waals surface area (Å²) in [4.78, 5) is 22.6. The predicted molar refractivity (Wildman–Crippen MR) is 57.8 cm³/mol. The van der Waals surface area contributed by atoms with Gasteiger partial charge in [-0.2, -0.15) is 5.10 Å². The minimum atomic E-state index is -0.365. The number of hydrogen-bond acceptors (Lipinski definition) is 5. The van der Waals surface area contributed by atoms with Crippen LogP contribution < -0.4 is 16.6 Å². The van der Waals surface area contributed by atoms with E-state index in [1.54, 1.807) is 0 Å². The molecule has 1 heterocycles. The third-order valence-electron chi connectivity index (χ3n) is 1.81. The number of nitrogens with zero attached hydrogens (tertiary/aromatic N) is 2. The van der Waals surface area contributed by atoms with Crippen molar-refractivity contribution < 1.29 is 9.53 Å². The lowest BCUT2D eigenvalue weighted by Crippen LogP contribution is -2.35. The minimum absolute atomic E-state index is 0.145. The molecule has 0 atom stereocenters. The van der Waals surface area contributed by atoms with Gasteiger partial charge in [0.1, 0.15) is 12.4 Å². The number of methoxy groups -OCH3 is 1. The van der Waals surface area contributed by atoms with E-state index in [1.807, 2.05) is 0 Å². The van der Waals surface area contributed by atoms with Crippen molar-refractivity contribution in [2.24, 2.45) is 0 Å². The molecule has 0 bridgehead atoms. The quantitative estimate of drug-likeness (QED) is 0.601. The zero-order valence-electron chi connectivity index (χ0n) is 8.97. The zero-order chi connectivity index (χ0) is 12.0. The molecule has 0 unspecified atom stereocenters. The summed E-state index contributed by atoms with van der Waals surface area (Å²) in [5.74, 6) is -0.110. The number of aromatic nitrogens is 2. The monoisotopic (exact) mass is 226 g/mol. The molecule has 0 radical (unpaired) electrons. The van der Waals surface area contributed by atoms with Crippen LogP contribution in [0.1, 0.15) is 0 Å². The number of nitrogens with one attached hydrogen (secondary N) is 1. The van der Waals surface area contributed by atoms with Crippen LogP contribution in [0.3, 0.4) is 0 Å². The molecular formula is C9H14N4O3. The molecule has 1 rings (SSSR count). The number of hydrogen-bond donors (Lipinski definition) is 2. The molecule has 0 aromatic carbocycles. The second-order valence-corrected chi connectivity index (χ2v) is 3.10. The number of nitrogen functional groups attached to an aromatic ring is 1. The van der Waals surface area contributed by atoms with Gasteiger partial charge in [-0.05, 0) is 6.07 Å². The summed E-state index contributed by atoms with van der Waals surface area (Å²) in [6.07, 6.45) is 0. The molecule has 0 saturated heterocycles. The number of ether oxygens (including phenoxy) is 1. The van der Waals surface area contributed by atoms with Crippen LogP contribution in [0.4, 0.5) is 5.82 Å². The highest BCUT2D eigenvalue weighted by atomic mass is 16.5. The van der Waals surface area contributed by atoms with Gasteiger partial charge in [-0.15, -0.1) is 0 Å². The fourth-order valence-corrected chi connectivity index (χ4v) is 1.06. The molecule has 88 valence electrons. The first-order valence-corrected chi connectivity index (χ1v) is 4.73. The molecule has 0 aliphatic rings. The van der Waals surface area contributed by atoms with Gasteiger partial charge in [-0.3, -0.25) is 9.59 Å². The summed E-state index contributed by atoms with van der Waals surface area (Å²) < 4.78 is 5.78. The van der Waals surface area contributed by atoms with Gasteiger partial charge in [-0.1, -0.05) is 0 Å². The Morgan fingerprint density at radius 3 is 3.06 bits per heavy atom. The van der Waals surface area contributed by atoms with Crippen molar-refractivity contribution in [3.63, 3.8) is 0 Å². The molecule has 0 fully saturated rings. The number of rotatable bonds is 5. The first kappa shape index (κ1) is 12.2. The molecule has 1 amide bonds. The lowest BCUT2D eigenvalue weighted by Gasteiger charge is -2.06. The van der Waals surface area contributed by atoms with Crippen molar-refractivity contribution in [3.05, 3.63) is 22.5 Å². The molecular weight excluding hydrogens is 212 g/mol. The molecule has 7 nitrogen and oxygen atoms in total. The van der Waals surface area contributed by atoms with Crippen molar-refractivity contribution in [1.82, 2.24) is 15.1 Å². The average molecular weight is 226 g/mol. The maximum Gasteiger partial charge on any atom is 0.267 e. The molecule has 0 spiro atoms. The van der Waals surface area contributed by atoms with Crippen LogP contribution in [-0.2, 0) is 16.1 Å². The highest BCUT2D eigenvalue weighted by molar-refractivity contribution is 5.75. The molecule has 0 aliphatic heterocycles. The van der Waals surface area contributed by atoms with E-state index < -0.39 is 0 Å². The van der Waals surface area contributed by atoms with E-state index in [1.165, 1.54) is 19.2 Å². The number of nitrogens with two attached hydrogens (primary N) is 1. The zero-order valence-corrected chi connectivity index (χ0v) is 8.97. The fourth-order valence-electron chi connectivity index (χ4n) is 1.06. The van der Waals surface area contributed by atoms with Crippen molar-refractivity contribution >= 4 is 11.7 Å². The maximum absolute atomic E-state index is 11.3. The van der Waals surface area contributed by atoms with Crippen LogP contribution in [0.25, 0.3) is 0 Å². The SMILES string of the molecule is COCCNC(=O)Cn1nc(N)ccc1=O. The number of carbonyl (C=O) groups is 1. The Kier molecular flexibility index (Phi) is 4.46. The van der Waals surface area contributed by atoms with Crippen LogP contribution in [-0.4, -0.2) is 35.9 Å². The van der Waals surface area contributed by atoms with Crippen molar-refractivity contribution in [2.75, 3.05) is 26.0 Å². The van der Waals surface area contributed by atoms with Gasteiger partial charge in [-0.25, -0.2) is 4.68 Å². The van der Waals surface area contributed by atoms with E-state index in [-0.39, 0.29) is 23.8 Å². The summed E-state index contributed by atoms with van der Waals surface area (Å²) in [5.41, 5.74) is 5.04. The summed E-state index contributed by atoms with van der Waals surface area (Å²) in [6.45, 7) is 0.672. The fraction of sp³-hybridized carbons (Fsp3) is 0.444. The van der Waals surface area contributed by atoms with Crippen molar-refractivity contribution in [3.8, 4) is 0 Å². The Morgan fingerprint density at radius 2 is 2.38 bits per heavy atom. The van der Waals surface area contributed by atoms with Crippen LogP contribution in [0.2, 0.25) is 0 Å². The van der Waals surface area contributed by atoms with Gasteiger partial charge in [0.25, 0.3) is 5.56 Å². The van der Waals surface area contributed by atoms with Gasteiger partial charge in [0.15, 0.2) is 0 Å². The largest absolute Gasteiger partial charge is 0.383 e. The van der Waals surface area contributed by atoms with E-state index in [2.05, 4.69) is 10.4 Å². The van der Waals surface area contributed by atoms with Gasteiger partial charge in [0.2, 0.25) is 5.91 Å². The summed E-state index contributed by atoms with van der Waals surface area (Å²) in [5, 5.41) is 6.31. The smallest absolute Gasteiger partial charge is 0.267 e. The summed E-state index contributed by atoms with van der Waals surface area (Å²) >= 11 is 0. The van der Waals surface area contributed by atoms with E-state index in [0.717, 1.165) is 4.68 Å². The highest BCUT2D eigenvalue weighted by Crippen LogP contribution is 1.88. The first-order valence-electron chi connectivity index (χ1n) is 4.73. The molecule has 1 aromatic rings. The Labute approximate surface area is 92.2 Å². The Morgan fingerprint density at radius 1 is 1.62 bits per heavy atom. The molecule has 3 N–H and O–H groups in total. The van der Waals surface area contributed by atoms with Crippen molar-refractivity contribution in [1.29, 1.82) is 0 Å². The lowest BCUT2D eigenvalue weighted by molar-refractivity contribution is -0.122. The number of amides is 1. The van der Waals surface area contributed by atoms with E-state index >= 15 is 0 Å². The Bertz CT molecular complexity index is 415. The second kappa shape index (κ2) is 5.86. The average Bonchev–Trinajstić information content (AvgIpc) is 2.24. The highest BCUT2D eigenvalue weighted by Gasteiger charge is 2.04. The van der Waals surface area contributed by atoms with Gasteiger partial charge < -0.3 is 15.8 Å². The second-order valence-electron chi connectivity index (χ2n) is 3.10. The molecule has 16 heavy (non-hydrogen) atoms. The van der Waals surface area contributed by atoms with Crippen molar-refractivity contribution in [2.45, 2.75) is 6.54 Å². The van der Waals surface area contributed by atoms with E-state index in [0.29, 0.717) is 13.2 Å². The number of anilines is 1. The van der Waals surface area contributed by atoms with E-state index in [9.17, 15) is 9.59 Å². The maximum atomic E-state index is 11.3. The predicted octanol–water partition coefficient (Wildman–Crippen LogP) is -1.41. The molecule has 7 heteroatoms. The minimum Gasteiger partial charge on any atom is -0.383 e. The van der Waals surface area contributed by atoms with Crippen LogP contribution >= 0.6 is 0 Å². The van der Waals surface area contributed by atoms with Crippen LogP contribution in [0, 0.1) is 0 Å². The van der Waals surface area contributed by atoms with Gasteiger partial charge >= 0.3 is 0 Å². The van der Waals surface area contributed by atoms with Gasteiger partial charge in [0, 0.05) is 19.7 Å². The first-order chi connectivity index (χ1) is 7.63. The standard InChI is InChI=1S/C9H14N4O3/c1-16-5-4-11-8(14)6-13-9(15)3-2-7(10)12-13/h2-3H,4-6H2,1H3,(H2,10,12)(H,11,14). The van der Waals surface area contributed by atoms with Crippen LogP contribution in [0.15, 0.2) is 16.9 Å². The van der Waals surface area contributed by atoms with E-state index in [4.69, 9.17) is 10.5 Å². The third kappa shape index (κ3) is 3.70. The Hall–Kier alpha value is -1.89. The molecule has 1 aromatic heterocycles. The topological polar surface area (TPSA) is 99.2 Å². The molecule has 0 aliphatic carbocycles. The number of carbonyl (C=O) groups excluding carboxylic acids is 1. The third-order valence-corrected chi connectivity index (χ3v) is 1.81.